The van der Waals surface area contributed by atoms with Gasteiger partial charge in [-0.2, -0.15) is 0 Å². The molecule has 2 aromatic rings. The van der Waals surface area contributed by atoms with Crippen LogP contribution in [0.5, 0.6) is 5.88 Å². The number of carboxylic acids is 1. The molecule has 2 aromatic heterocycles. The minimum atomic E-state index is -1.09. The van der Waals surface area contributed by atoms with Crippen molar-refractivity contribution in [3.05, 3.63) is 22.7 Å². The lowest BCUT2D eigenvalue weighted by Gasteiger charge is -2.11. The lowest BCUT2D eigenvalue weighted by Crippen LogP contribution is -2.17. The van der Waals surface area contributed by atoms with Gasteiger partial charge in [-0.3, -0.25) is 4.40 Å². The Morgan fingerprint density at radius 3 is 3.05 bits per heavy atom. The molecule has 1 fully saturated rings. The smallest absolute Gasteiger partial charge is 0.356 e. The predicted molar refractivity (Wildman–Crippen MR) is 67.5 cm³/mol. The second-order valence-electron chi connectivity index (χ2n) is 4.13. The third kappa shape index (κ3) is 2.41. The maximum Gasteiger partial charge on any atom is 0.356 e. The molecule has 1 N–H and O–H groups in total. The highest BCUT2D eigenvalue weighted by molar-refractivity contribution is 9.10. The standard InChI is InChI=1S/C11H10BrN3O4/c12-8-4-15-3-7(11(16)17)13-9(15)10(14-8)19-6-1-2-18-5-6/h3-4,6H,1-2,5H2,(H,16,17). The largest absolute Gasteiger partial charge is 0.476 e. The van der Waals surface area contributed by atoms with Gasteiger partial charge in [0, 0.05) is 18.8 Å². The van der Waals surface area contributed by atoms with Crippen molar-refractivity contribution in [1.82, 2.24) is 14.4 Å². The van der Waals surface area contributed by atoms with E-state index in [0.717, 1.165) is 6.42 Å². The molecular formula is C11H10BrN3O4. The fraction of sp³-hybridized carbons (Fsp3) is 0.364. The lowest BCUT2D eigenvalue weighted by molar-refractivity contribution is 0.0691. The molecule has 0 bridgehead atoms. The molecule has 0 aromatic carbocycles. The molecular weight excluding hydrogens is 318 g/mol. The summed E-state index contributed by atoms with van der Waals surface area (Å²) in [5.74, 6) is -0.785. The summed E-state index contributed by atoms with van der Waals surface area (Å²) in [7, 11) is 0. The highest BCUT2D eigenvalue weighted by Crippen LogP contribution is 2.23. The fourth-order valence-electron chi connectivity index (χ4n) is 1.89. The molecule has 3 heterocycles. The number of hydrogen-bond donors (Lipinski definition) is 1. The van der Waals surface area contributed by atoms with Crippen LogP contribution in [0.2, 0.25) is 0 Å². The van der Waals surface area contributed by atoms with Crippen LogP contribution < -0.4 is 4.74 Å². The summed E-state index contributed by atoms with van der Waals surface area (Å²) in [6.45, 7) is 1.16. The number of ether oxygens (including phenoxy) is 2. The Balaban J connectivity index is 2.03. The zero-order chi connectivity index (χ0) is 13.4. The number of fused-ring (bicyclic) bond motifs is 1. The number of hydrogen-bond acceptors (Lipinski definition) is 5. The van der Waals surface area contributed by atoms with E-state index in [1.54, 1.807) is 10.6 Å². The molecule has 8 heteroatoms. The van der Waals surface area contributed by atoms with Crippen molar-refractivity contribution in [3.63, 3.8) is 0 Å². The first kappa shape index (κ1) is 12.4. The first-order valence-electron chi connectivity index (χ1n) is 5.66. The molecule has 1 aliphatic rings. The Kier molecular flexibility index (Phi) is 3.11. The summed E-state index contributed by atoms with van der Waals surface area (Å²) in [4.78, 5) is 19.2. The van der Waals surface area contributed by atoms with E-state index in [0.29, 0.717) is 29.3 Å². The highest BCUT2D eigenvalue weighted by atomic mass is 79.9. The van der Waals surface area contributed by atoms with Gasteiger partial charge in [0.15, 0.2) is 5.69 Å². The Morgan fingerprint density at radius 1 is 1.53 bits per heavy atom. The van der Waals surface area contributed by atoms with Crippen LogP contribution in [0.15, 0.2) is 17.0 Å². The average Bonchev–Trinajstić information content (AvgIpc) is 2.97. The summed E-state index contributed by atoms with van der Waals surface area (Å²) < 4.78 is 13.1. The van der Waals surface area contributed by atoms with Crippen LogP contribution in [0.4, 0.5) is 0 Å². The zero-order valence-corrected chi connectivity index (χ0v) is 11.3. The second kappa shape index (κ2) is 4.78. The van der Waals surface area contributed by atoms with Crippen molar-refractivity contribution >= 4 is 27.5 Å². The van der Waals surface area contributed by atoms with Gasteiger partial charge in [-0.1, -0.05) is 0 Å². The summed E-state index contributed by atoms with van der Waals surface area (Å²) >= 11 is 3.26. The number of nitrogens with zero attached hydrogens (tertiary/aromatic N) is 3. The SMILES string of the molecule is O=C(O)c1cn2cc(Br)nc(OC3CCOC3)c2n1. The Morgan fingerprint density at radius 2 is 2.37 bits per heavy atom. The predicted octanol–water partition coefficient (Wildman–Crippen LogP) is 1.36. The molecule has 0 saturated carbocycles. The summed E-state index contributed by atoms with van der Waals surface area (Å²) in [5.41, 5.74) is 0.333. The van der Waals surface area contributed by atoms with Crippen LogP contribution >= 0.6 is 15.9 Å². The van der Waals surface area contributed by atoms with Crippen molar-refractivity contribution in [2.75, 3.05) is 13.2 Å². The Hall–Kier alpha value is -1.67. The van der Waals surface area contributed by atoms with E-state index in [2.05, 4.69) is 25.9 Å². The Bertz CT molecular complexity index is 636. The lowest BCUT2D eigenvalue weighted by atomic mass is 10.3. The van der Waals surface area contributed by atoms with E-state index < -0.39 is 5.97 Å². The van der Waals surface area contributed by atoms with Gasteiger partial charge in [-0.05, 0) is 15.9 Å². The number of aromatic nitrogens is 3. The molecule has 19 heavy (non-hydrogen) atoms. The average molecular weight is 328 g/mol. The van der Waals surface area contributed by atoms with Crippen LogP contribution in [0.25, 0.3) is 5.65 Å². The molecule has 0 amide bonds. The van der Waals surface area contributed by atoms with Crippen LogP contribution in [0.1, 0.15) is 16.9 Å². The van der Waals surface area contributed by atoms with E-state index in [4.69, 9.17) is 14.6 Å². The normalized spacial score (nSPS) is 18.9. The first-order valence-corrected chi connectivity index (χ1v) is 6.46. The molecule has 0 spiro atoms. The van der Waals surface area contributed by atoms with Crippen molar-refractivity contribution in [2.24, 2.45) is 0 Å². The van der Waals surface area contributed by atoms with Gasteiger partial charge >= 0.3 is 5.97 Å². The minimum absolute atomic E-state index is 0.0487. The molecule has 7 nitrogen and oxygen atoms in total. The van der Waals surface area contributed by atoms with E-state index >= 15 is 0 Å². The molecule has 100 valence electrons. The number of rotatable bonds is 3. The number of aromatic carboxylic acids is 1. The monoisotopic (exact) mass is 327 g/mol. The second-order valence-corrected chi connectivity index (χ2v) is 4.95. The maximum absolute atomic E-state index is 10.9. The maximum atomic E-state index is 10.9. The summed E-state index contributed by atoms with van der Waals surface area (Å²) in [6, 6.07) is 0. The van der Waals surface area contributed by atoms with Crippen LogP contribution in [0.3, 0.4) is 0 Å². The van der Waals surface area contributed by atoms with E-state index in [1.807, 2.05) is 0 Å². The number of imidazole rings is 1. The molecule has 1 unspecified atom stereocenters. The van der Waals surface area contributed by atoms with Crippen LogP contribution in [0, 0.1) is 0 Å². The minimum Gasteiger partial charge on any atom is -0.476 e. The molecule has 1 atom stereocenters. The van der Waals surface area contributed by atoms with Crippen molar-refractivity contribution in [2.45, 2.75) is 12.5 Å². The molecule has 0 aliphatic carbocycles. The topological polar surface area (TPSA) is 86.0 Å². The van der Waals surface area contributed by atoms with Gasteiger partial charge in [0.25, 0.3) is 5.88 Å². The van der Waals surface area contributed by atoms with Gasteiger partial charge in [0.05, 0.1) is 13.2 Å². The number of halogens is 1. The van der Waals surface area contributed by atoms with Crippen molar-refractivity contribution in [1.29, 1.82) is 0 Å². The number of carbonyl (C=O) groups is 1. The molecule has 0 radical (unpaired) electrons. The van der Waals surface area contributed by atoms with E-state index in [1.165, 1.54) is 6.20 Å². The van der Waals surface area contributed by atoms with E-state index in [9.17, 15) is 4.79 Å². The summed E-state index contributed by atoms with van der Waals surface area (Å²) in [6.07, 6.45) is 3.76. The van der Waals surface area contributed by atoms with E-state index in [-0.39, 0.29) is 11.8 Å². The van der Waals surface area contributed by atoms with Crippen molar-refractivity contribution < 1.29 is 19.4 Å². The van der Waals surface area contributed by atoms with Gasteiger partial charge in [-0.25, -0.2) is 14.8 Å². The third-order valence-corrected chi connectivity index (χ3v) is 3.14. The number of carboxylic acid groups (broad SMARTS) is 1. The fourth-order valence-corrected chi connectivity index (χ4v) is 2.27. The van der Waals surface area contributed by atoms with Gasteiger partial charge in [-0.15, -0.1) is 0 Å². The Labute approximate surface area is 116 Å². The van der Waals surface area contributed by atoms with Gasteiger partial charge in [0.1, 0.15) is 10.7 Å². The third-order valence-electron chi connectivity index (χ3n) is 2.76. The molecule has 3 rings (SSSR count). The van der Waals surface area contributed by atoms with Crippen LogP contribution in [-0.2, 0) is 4.74 Å². The molecule has 1 saturated heterocycles. The first-order chi connectivity index (χ1) is 9.13. The quantitative estimate of drug-likeness (QED) is 0.916. The zero-order valence-electron chi connectivity index (χ0n) is 9.74. The van der Waals surface area contributed by atoms with Gasteiger partial charge in [0.2, 0.25) is 5.65 Å². The summed E-state index contributed by atoms with van der Waals surface area (Å²) in [5, 5.41) is 8.96. The van der Waals surface area contributed by atoms with Crippen LogP contribution in [-0.4, -0.2) is 44.8 Å². The van der Waals surface area contributed by atoms with Crippen molar-refractivity contribution in [3.8, 4) is 5.88 Å². The molecule has 1 aliphatic heterocycles. The highest BCUT2D eigenvalue weighted by Gasteiger charge is 2.21. The van der Waals surface area contributed by atoms with Gasteiger partial charge < -0.3 is 14.6 Å².